The first-order valence-electron chi connectivity index (χ1n) is 3.72. The molecule has 1 saturated heterocycles. The second kappa shape index (κ2) is 4.68. The number of hydrogen-bond donors (Lipinski definition) is 3. The van der Waals surface area contributed by atoms with Crippen molar-refractivity contribution in [2.45, 2.75) is 6.10 Å². The second-order valence-electron chi connectivity index (χ2n) is 2.46. The fourth-order valence-corrected chi connectivity index (χ4v) is 0.742. The molecule has 2 rings (SSSR count). The van der Waals surface area contributed by atoms with Crippen LogP contribution in [0.2, 0.25) is 0 Å². The number of aliphatic carboxylic acids is 1. The molecular formula is C7H8N2O4S. The summed E-state index contributed by atoms with van der Waals surface area (Å²) < 4.78 is 4.73. The largest absolute Gasteiger partial charge is 0.479 e. The van der Waals surface area contributed by atoms with Crippen LogP contribution in [0, 0.1) is 4.77 Å². The van der Waals surface area contributed by atoms with E-state index in [0.717, 1.165) is 0 Å². The van der Waals surface area contributed by atoms with Crippen LogP contribution >= 0.6 is 12.2 Å². The third kappa shape index (κ3) is 3.97. The summed E-state index contributed by atoms with van der Waals surface area (Å²) in [4.78, 5) is 25.0. The van der Waals surface area contributed by atoms with Crippen LogP contribution in [-0.4, -0.2) is 33.8 Å². The van der Waals surface area contributed by atoms with Crippen molar-refractivity contribution in [3.8, 4) is 0 Å². The van der Waals surface area contributed by atoms with Gasteiger partial charge in [-0.1, -0.05) is 0 Å². The van der Waals surface area contributed by atoms with Crippen LogP contribution in [0.15, 0.2) is 17.1 Å². The number of aromatic nitrogens is 2. The zero-order valence-electron chi connectivity index (χ0n) is 7.02. The number of carbonyl (C=O) groups is 1. The predicted molar refractivity (Wildman–Crippen MR) is 49.6 cm³/mol. The zero-order chi connectivity index (χ0) is 10.6. The number of aromatic amines is 2. The Morgan fingerprint density at radius 3 is 2.57 bits per heavy atom. The molecule has 1 aromatic rings. The maximum atomic E-state index is 10.3. The van der Waals surface area contributed by atoms with Gasteiger partial charge in [0.05, 0.1) is 6.61 Å². The van der Waals surface area contributed by atoms with Crippen molar-refractivity contribution >= 4 is 18.2 Å². The van der Waals surface area contributed by atoms with Crippen molar-refractivity contribution in [3.63, 3.8) is 0 Å². The summed E-state index contributed by atoms with van der Waals surface area (Å²) in [7, 11) is 0. The number of nitrogens with one attached hydrogen (secondary N) is 2. The van der Waals surface area contributed by atoms with Gasteiger partial charge >= 0.3 is 5.97 Å². The Hall–Kier alpha value is -1.47. The topological polar surface area (TPSA) is 98.5 Å². The van der Waals surface area contributed by atoms with Gasteiger partial charge in [-0.3, -0.25) is 9.78 Å². The molecule has 1 aromatic heterocycles. The van der Waals surface area contributed by atoms with Gasteiger partial charge in [-0.15, -0.1) is 0 Å². The van der Waals surface area contributed by atoms with Crippen LogP contribution in [0.1, 0.15) is 0 Å². The lowest BCUT2D eigenvalue weighted by Crippen LogP contribution is -2.02. The standard InChI is InChI=1S/C4H4N2OS.C3H4O3/c7-3-1-2-5-4(8)6-3;4-3(5)2-1-6-2/h1-2H,(H2,5,6,7,8);2H,1H2,(H,4,5). The van der Waals surface area contributed by atoms with E-state index < -0.39 is 12.1 Å². The van der Waals surface area contributed by atoms with Crippen LogP contribution in [0.3, 0.4) is 0 Å². The first kappa shape index (κ1) is 10.6. The van der Waals surface area contributed by atoms with E-state index in [1.165, 1.54) is 12.3 Å². The number of carboxylic acid groups (broad SMARTS) is 1. The summed E-state index contributed by atoms with van der Waals surface area (Å²) in [5.41, 5.74) is -0.172. The number of hydrogen-bond acceptors (Lipinski definition) is 4. The van der Waals surface area contributed by atoms with Crippen molar-refractivity contribution in [1.29, 1.82) is 0 Å². The molecule has 0 radical (unpaired) electrons. The van der Waals surface area contributed by atoms with Crippen LogP contribution in [0.25, 0.3) is 0 Å². The van der Waals surface area contributed by atoms with E-state index in [2.05, 4.69) is 26.9 Å². The van der Waals surface area contributed by atoms with E-state index in [4.69, 9.17) is 5.11 Å². The molecule has 0 amide bonds. The number of H-pyrrole nitrogens is 2. The summed E-state index contributed by atoms with van der Waals surface area (Å²) in [6.07, 6.45) is 1.02. The molecule has 14 heavy (non-hydrogen) atoms. The maximum absolute atomic E-state index is 10.3. The van der Waals surface area contributed by atoms with Crippen molar-refractivity contribution in [2.75, 3.05) is 6.61 Å². The SMILES string of the molecule is O=C(O)C1CO1.O=c1cc[nH]c(=S)[nH]1. The molecule has 0 saturated carbocycles. The van der Waals surface area contributed by atoms with Crippen LogP contribution < -0.4 is 5.56 Å². The molecule has 1 fully saturated rings. The molecule has 76 valence electrons. The molecule has 1 atom stereocenters. The van der Waals surface area contributed by atoms with Crippen LogP contribution in [-0.2, 0) is 9.53 Å². The van der Waals surface area contributed by atoms with Gasteiger partial charge in [0.15, 0.2) is 10.9 Å². The Labute approximate surface area is 83.6 Å². The minimum absolute atomic E-state index is 0.172. The predicted octanol–water partition coefficient (Wildman–Crippen LogP) is -0.0977. The molecule has 0 bridgehead atoms. The second-order valence-corrected chi connectivity index (χ2v) is 2.86. The molecule has 7 heteroatoms. The monoisotopic (exact) mass is 216 g/mol. The average molecular weight is 216 g/mol. The normalized spacial score (nSPS) is 17.9. The van der Waals surface area contributed by atoms with E-state index in [-0.39, 0.29) is 5.56 Å². The van der Waals surface area contributed by atoms with Gasteiger partial charge in [-0.2, -0.15) is 0 Å². The van der Waals surface area contributed by atoms with Crippen molar-refractivity contribution in [1.82, 2.24) is 9.97 Å². The Bertz CT molecular complexity index is 395. The summed E-state index contributed by atoms with van der Waals surface area (Å²) in [5, 5.41) is 7.93. The minimum atomic E-state index is -0.852. The van der Waals surface area contributed by atoms with Crippen LogP contribution in [0.5, 0.6) is 0 Å². The highest BCUT2D eigenvalue weighted by molar-refractivity contribution is 7.71. The van der Waals surface area contributed by atoms with E-state index in [1.807, 2.05) is 0 Å². The lowest BCUT2D eigenvalue weighted by Gasteiger charge is -1.78. The fourth-order valence-electron chi connectivity index (χ4n) is 0.573. The summed E-state index contributed by atoms with van der Waals surface area (Å²) in [5.74, 6) is -0.852. The van der Waals surface area contributed by atoms with E-state index in [0.29, 0.717) is 11.4 Å². The quantitative estimate of drug-likeness (QED) is 0.450. The first-order chi connectivity index (χ1) is 6.59. The highest BCUT2D eigenvalue weighted by Gasteiger charge is 2.30. The van der Waals surface area contributed by atoms with Gasteiger partial charge in [0.2, 0.25) is 0 Å². The lowest BCUT2D eigenvalue weighted by molar-refractivity contribution is -0.138. The molecule has 2 heterocycles. The third-order valence-electron chi connectivity index (χ3n) is 1.29. The molecule has 0 aliphatic carbocycles. The highest BCUT2D eigenvalue weighted by Crippen LogP contribution is 2.06. The van der Waals surface area contributed by atoms with E-state index >= 15 is 0 Å². The molecular weight excluding hydrogens is 208 g/mol. The summed E-state index contributed by atoms with van der Waals surface area (Å²) in [6, 6.07) is 1.37. The zero-order valence-corrected chi connectivity index (χ0v) is 7.84. The Kier molecular flexibility index (Phi) is 3.55. The molecule has 0 aromatic carbocycles. The Morgan fingerprint density at radius 1 is 1.71 bits per heavy atom. The maximum Gasteiger partial charge on any atom is 0.335 e. The van der Waals surface area contributed by atoms with E-state index in [9.17, 15) is 9.59 Å². The van der Waals surface area contributed by atoms with Gasteiger partial charge in [0, 0.05) is 12.3 Å². The molecule has 1 aliphatic rings. The Morgan fingerprint density at radius 2 is 2.36 bits per heavy atom. The molecule has 0 spiro atoms. The first-order valence-corrected chi connectivity index (χ1v) is 4.13. The number of carboxylic acids is 1. The highest BCUT2D eigenvalue weighted by atomic mass is 32.1. The van der Waals surface area contributed by atoms with Crippen molar-refractivity contribution < 1.29 is 14.6 Å². The molecule has 1 aliphatic heterocycles. The van der Waals surface area contributed by atoms with Gasteiger partial charge in [-0.05, 0) is 12.2 Å². The Balaban J connectivity index is 0.000000146. The smallest absolute Gasteiger partial charge is 0.335 e. The lowest BCUT2D eigenvalue weighted by atomic mass is 10.5. The van der Waals surface area contributed by atoms with Crippen LogP contribution in [0.4, 0.5) is 0 Å². The third-order valence-corrected chi connectivity index (χ3v) is 1.51. The average Bonchev–Trinajstić information content (AvgIpc) is 2.85. The molecule has 3 N–H and O–H groups in total. The number of rotatable bonds is 1. The van der Waals surface area contributed by atoms with Gasteiger partial charge in [0.25, 0.3) is 5.56 Å². The van der Waals surface area contributed by atoms with Gasteiger partial charge in [-0.25, -0.2) is 4.79 Å². The summed E-state index contributed by atoms with van der Waals surface area (Å²) in [6.45, 7) is 0.398. The summed E-state index contributed by atoms with van der Waals surface area (Å²) >= 11 is 4.59. The van der Waals surface area contributed by atoms with Gasteiger partial charge < -0.3 is 14.8 Å². The van der Waals surface area contributed by atoms with Crippen molar-refractivity contribution in [3.05, 3.63) is 27.4 Å². The molecule has 1 unspecified atom stereocenters. The number of ether oxygens (including phenoxy) is 1. The van der Waals surface area contributed by atoms with E-state index in [1.54, 1.807) is 0 Å². The number of epoxide rings is 1. The minimum Gasteiger partial charge on any atom is -0.479 e. The van der Waals surface area contributed by atoms with Gasteiger partial charge in [0.1, 0.15) is 0 Å². The molecule has 6 nitrogen and oxygen atoms in total. The fraction of sp³-hybridized carbons (Fsp3) is 0.286. The van der Waals surface area contributed by atoms with Crippen molar-refractivity contribution in [2.24, 2.45) is 0 Å².